The maximum atomic E-state index is 13.7. The van der Waals surface area contributed by atoms with Crippen LogP contribution in [0.15, 0.2) is 54.6 Å². The lowest BCUT2D eigenvalue weighted by Crippen LogP contribution is -2.50. The molecule has 0 spiro atoms. The zero-order valence-corrected chi connectivity index (χ0v) is 19.5. The molecule has 0 radical (unpaired) electrons. The number of aromatic nitrogens is 1. The lowest BCUT2D eigenvalue weighted by molar-refractivity contribution is -0.138. The van der Waals surface area contributed by atoms with Crippen molar-refractivity contribution < 1.29 is 13.2 Å². The van der Waals surface area contributed by atoms with Gasteiger partial charge in [0.25, 0.3) is 0 Å². The predicted octanol–water partition coefficient (Wildman–Crippen LogP) is 3.47. The van der Waals surface area contributed by atoms with Gasteiger partial charge in [0.15, 0.2) is 9.84 Å². The number of likely N-dealkylation sites (tertiary alicyclic amines) is 1. The van der Waals surface area contributed by atoms with Gasteiger partial charge in [0.1, 0.15) is 6.04 Å². The van der Waals surface area contributed by atoms with E-state index >= 15 is 0 Å². The van der Waals surface area contributed by atoms with Gasteiger partial charge in [-0.2, -0.15) is 0 Å². The molecule has 0 N–H and O–H groups in total. The molecule has 3 aromatic rings. The van der Waals surface area contributed by atoms with Gasteiger partial charge >= 0.3 is 0 Å². The number of nitrogens with zero attached hydrogens (tertiary/aromatic N) is 3. The van der Waals surface area contributed by atoms with Crippen LogP contribution in [-0.2, 0) is 14.6 Å². The summed E-state index contributed by atoms with van der Waals surface area (Å²) in [7, 11) is -3.00. The molecule has 1 unspecified atom stereocenters. The summed E-state index contributed by atoms with van der Waals surface area (Å²) in [5.74, 6) is 0.692. The SMILES string of the molecule is O=C(C(c1ccccc1)N1CCS(=O)(=O)CC1)N1CCC(c2nc3ccccc3s2)CC1. The molecule has 32 heavy (non-hydrogen) atoms. The van der Waals surface area contributed by atoms with Crippen LogP contribution in [0.25, 0.3) is 10.2 Å². The molecule has 8 heteroatoms. The van der Waals surface area contributed by atoms with Crippen LogP contribution in [0.1, 0.15) is 35.4 Å². The smallest absolute Gasteiger partial charge is 0.244 e. The molecular formula is C24H27N3O3S2. The average Bonchev–Trinajstić information content (AvgIpc) is 3.25. The van der Waals surface area contributed by atoms with E-state index in [-0.39, 0.29) is 17.4 Å². The van der Waals surface area contributed by atoms with Crippen LogP contribution in [0.4, 0.5) is 0 Å². The summed E-state index contributed by atoms with van der Waals surface area (Å²) in [5, 5.41) is 1.17. The molecule has 0 aliphatic carbocycles. The first-order valence-corrected chi connectivity index (χ1v) is 13.8. The second-order valence-corrected chi connectivity index (χ2v) is 12.0. The Morgan fingerprint density at radius 1 is 0.938 bits per heavy atom. The lowest BCUT2D eigenvalue weighted by Gasteiger charge is -2.39. The number of sulfone groups is 1. The van der Waals surface area contributed by atoms with Crippen molar-refractivity contribution in [3.8, 4) is 0 Å². The first kappa shape index (κ1) is 21.6. The summed E-state index contributed by atoms with van der Waals surface area (Å²) in [4.78, 5) is 22.5. The maximum absolute atomic E-state index is 13.7. The third kappa shape index (κ3) is 4.44. The topological polar surface area (TPSA) is 70.6 Å². The number of para-hydroxylation sites is 1. The van der Waals surface area contributed by atoms with Crippen LogP contribution in [-0.4, -0.2) is 66.8 Å². The average molecular weight is 470 g/mol. The molecule has 1 aromatic heterocycles. The van der Waals surface area contributed by atoms with Crippen molar-refractivity contribution in [3.63, 3.8) is 0 Å². The summed E-state index contributed by atoms with van der Waals surface area (Å²) in [6.07, 6.45) is 1.81. The fraction of sp³-hybridized carbons (Fsp3) is 0.417. The molecule has 3 heterocycles. The van der Waals surface area contributed by atoms with Gasteiger partial charge in [-0.1, -0.05) is 42.5 Å². The summed E-state index contributed by atoms with van der Waals surface area (Å²) in [6.45, 7) is 2.20. The van der Waals surface area contributed by atoms with Gasteiger partial charge in [0.05, 0.1) is 26.7 Å². The number of carbonyl (C=O) groups excluding carboxylic acids is 1. The summed E-state index contributed by atoms with van der Waals surface area (Å²) >= 11 is 1.76. The Morgan fingerprint density at radius 2 is 1.59 bits per heavy atom. The van der Waals surface area contributed by atoms with Crippen LogP contribution in [0.5, 0.6) is 0 Å². The number of benzene rings is 2. The van der Waals surface area contributed by atoms with E-state index in [0.717, 1.165) is 23.9 Å². The van der Waals surface area contributed by atoms with E-state index in [1.54, 1.807) is 11.3 Å². The fourth-order valence-corrected chi connectivity index (χ4v) is 7.08. The van der Waals surface area contributed by atoms with Crippen molar-refractivity contribution in [1.82, 2.24) is 14.8 Å². The van der Waals surface area contributed by atoms with Crippen molar-refractivity contribution in [2.45, 2.75) is 24.8 Å². The first-order chi connectivity index (χ1) is 15.5. The quantitative estimate of drug-likeness (QED) is 0.585. The van der Waals surface area contributed by atoms with E-state index in [1.807, 2.05) is 52.3 Å². The largest absolute Gasteiger partial charge is 0.341 e. The number of amides is 1. The van der Waals surface area contributed by atoms with Crippen molar-refractivity contribution in [2.75, 3.05) is 37.7 Å². The number of rotatable bonds is 4. The highest BCUT2D eigenvalue weighted by Crippen LogP contribution is 2.35. The van der Waals surface area contributed by atoms with Gasteiger partial charge in [0, 0.05) is 32.1 Å². The predicted molar refractivity (Wildman–Crippen MR) is 128 cm³/mol. The molecular weight excluding hydrogens is 442 g/mol. The van der Waals surface area contributed by atoms with Gasteiger partial charge in [-0.05, 0) is 30.5 Å². The summed E-state index contributed by atoms with van der Waals surface area (Å²) in [5.41, 5.74) is 1.99. The number of thiazole rings is 1. The van der Waals surface area contributed by atoms with Gasteiger partial charge in [-0.25, -0.2) is 13.4 Å². The lowest BCUT2D eigenvalue weighted by atomic mass is 9.95. The monoisotopic (exact) mass is 469 g/mol. The molecule has 5 rings (SSSR count). The Bertz CT molecular complexity index is 1150. The van der Waals surface area contributed by atoms with Crippen molar-refractivity contribution in [2.24, 2.45) is 0 Å². The van der Waals surface area contributed by atoms with Gasteiger partial charge < -0.3 is 4.90 Å². The van der Waals surface area contributed by atoms with Gasteiger partial charge in [-0.15, -0.1) is 11.3 Å². The van der Waals surface area contributed by atoms with Crippen LogP contribution >= 0.6 is 11.3 Å². The maximum Gasteiger partial charge on any atom is 0.244 e. The Morgan fingerprint density at radius 3 is 2.28 bits per heavy atom. The Hall–Kier alpha value is -2.29. The zero-order chi connectivity index (χ0) is 22.1. The van der Waals surface area contributed by atoms with E-state index in [9.17, 15) is 13.2 Å². The minimum absolute atomic E-state index is 0.0817. The Labute approximate surface area is 192 Å². The Kier molecular flexibility index (Phi) is 6.01. The van der Waals surface area contributed by atoms with Crippen LogP contribution < -0.4 is 0 Å². The van der Waals surface area contributed by atoms with Crippen LogP contribution in [0.2, 0.25) is 0 Å². The third-order valence-corrected chi connectivity index (χ3v) is 9.37. The molecule has 2 aliphatic rings. The molecule has 1 atom stereocenters. The highest BCUT2D eigenvalue weighted by atomic mass is 32.2. The molecule has 1 amide bonds. The zero-order valence-electron chi connectivity index (χ0n) is 17.9. The Balaban J connectivity index is 1.31. The molecule has 2 aliphatic heterocycles. The minimum atomic E-state index is -3.00. The van der Waals surface area contributed by atoms with E-state index in [0.29, 0.717) is 32.1 Å². The van der Waals surface area contributed by atoms with Gasteiger partial charge in [0.2, 0.25) is 5.91 Å². The highest BCUT2D eigenvalue weighted by molar-refractivity contribution is 7.91. The molecule has 2 fully saturated rings. The van der Waals surface area contributed by atoms with Crippen molar-refractivity contribution in [3.05, 3.63) is 65.2 Å². The highest BCUT2D eigenvalue weighted by Gasteiger charge is 2.36. The molecule has 0 bridgehead atoms. The van der Waals surface area contributed by atoms with Crippen LogP contribution in [0, 0.1) is 0 Å². The number of hydrogen-bond acceptors (Lipinski definition) is 6. The number of piperidine rings is 1. The van der Waals surface area contributed by atoms with E-state index < -0.39 is 15.9 Å². The molecule has 2 aromatic carbocycles. The van der Waals surface area contributed by atoms with Gasteiger partial charge in [-0.3, -0.25) is 9.69 Å². The second kappa shape index (κ2) is 8.92. The molecule has 168 valence electrons. The number of fused-ring (bicyclic) bond motifs is 1. The minimum Gasteiger partial charge on any atom is -0.341 e. The standard InChI is InChI=1S/C24H27N3O3S2/c28-24(22(18-6-2-1-3-7-18)26-14-16-32(29,30)17-15-26)27-12-10-19(11-13-27)23-25-20-8-4-5-9-21(20)31-23/h1-9,19,22H,10-17H2. The summed E-state index contributed by atoms with van der Waals surface area (Å²) in [6, 6.07) is 17.6. The number of carbonyl (C=O) groups is 1. The van der Waals surface area contributed by atoms with E-state index in [2.05, 4.69) is 12.1 Å². The second-order valence-electron chi connectivity index (χ2n) is 8.62. The van der Waals surface area contributed by atoms with Crippen molar-refractivity contribution >= 4 is 37.3 Å². The van der Waals surface area contributed by atoms with Crippen molar-refractivity contribution in [1.29, 1.82) is 0 Å². The van der Waals surface area contributed by atoms with E-state index in [4.69, 9.17) is 4.98 Å². The fourth-order valence-electron chi connectivity index (χ4n) is 4.71. The third-order valence-electron chi connectivity index (χ3n) is 6.56. The molecule has 6 nitrogen and oxygen atoms in total. The normalized spacial score (nSPS) is 20.9. The first-order valence-electron chi connectivity index (χ1n) is 11.1. The molecule has 0 saturated carbocycles. The van der Waals surface area contributed by atoms with E-state index in [1.165, 1.54) is 9.71 Å². The number of hydrogen-bond donors (Lipinski definition) is 0. The summed E-state index contributed by atoms with van der Waals surface area (Å²) < 4.78 is 25.1. The molecule has 2 saturated heterocycles. The van der Waals surface area contributed by atoms with Crippen LogP contribution in [0.3, 0.4) is 0 Å².